The van der Waals surface area contributed by atoms with Crippen LogP contribution in [0.25, 0.3) is 5.57 Å². The van der Waals surface area contributed by atoms with E-state index < -0.39 is 0 Å². The summed E-state index contributed by atoms with van der Waals surface area (Å²) in [4.78, 5) is 10.4. The number of halogens is 2. The molecule has 1 aromatic carbocycles. The standard InChI is InChI=1S/C9H6Cl2O2/c10-8-2-1-6(3-9(8)11)7(4-12)5-13/h1-5,12H/p-1/b7-4+. The molecule has 0 unspecified atom stereocenters. The zero-order valence-corrected chi connectivity index (χ0v) is 7.97. The van der Waals surface area contributed by atoms with Crippen molar-refractivity contribution < 1.29 is 9.90 Å². The molecule has 0 N–H and O–H groups in total. The van der Waals surface area contributed by atoms with Crippen LogP contribution in [0.3, 0.4) is 0 Å². The van der Waals surface area contributed by atoms with Crippen LogP contribution in [-0.4, -0.2) is 6.29 Å². The Hall–Kier alpha value is -0.990. The van der Waals surface area contributed by atoms with Crippen molar-refractivity contribution in [3.8, 4) is 0 Å². The fourth-order valence-electron chi connectivity index (χ4n) is 0.840. The largest absolute Gasteiger partial charge is 0.877 e. The summed E-state index contributed by atoms with van der Waals surface area (Å²) >= 11 is 11.3. The highest BCUT2D eigenvalue weighted by atomic mass is 35.5. The Morgan fingerprint density at radius 3 is 2.46 bits per heavy atom. The highest BCUT2D eigenvalue weighted by Gasteiger charge is 2.01. The van der Waals surface area contributed by atoms with Crippen molar-refractivity contribution in [2.45, 2.75) is 0 Å². The van der Waals surface area contributed by atoms with Crippen LogP contribution >= 0.6 is 23.2 Å². The van der Waals surface area contributed by atoms with Crippen molar-refractivity contribution in [3.63, 3.8) is 0 Å². The van der Waals surface area contributed by atoms with E-state index in [4.69, 9.17) is 23.2 Å². The summed E-state index contributed by atoms with van der Waals surface area (Å²) in [7, 11) is 0. The first-order valence-corrected chi connectivity index (χ1v) is 4.17. The molecule has 0 aliphatic carbocycles. The lowest BCUT2D eigenvalue weighted by molar-refractivity contribution is -0.273. The second-order valence-electron chi connectivity index (χ2n) is 2.32. The van der Waals surface area contributed by atoms with E-state index in [-0.39, 0.29) is 5.57 Å². The molecule has 1 aromatic rings. The highest BCUT2D eigenvalue weighted by molar-refractivity contribution is 6.42. The quantitative estimate of drug-likeness (QED) is 0.430. The van der Waals surface area contributed by atoms with Gasteiger partial charge in [-0.05, 0) is 17.7 Å². The number of carbonyl (C=O) groups is 1. The summed E-state index contributed by atoms with van der Waals surface area (Å²) in [6.45, 7) is 0. The van der Waals surface area contributed by atoms with Crippen molar-refractivity contribution in [2.75, 3.05) is 0 Å². The summed E-state index contributed by atoms with van der Waals surface area (Å²) in [5.41, 5.74) is 0.526. The van der Waals surface area contributed by atoms with E-state index in [1.54, 1.807) is 6.07 Å². The third-order valence-corrected chi connectivity index (χ3v) is 2.25. The van der Waals surface area contributed by atoms with Crippen LogP contribution in [0, 0.1) is 0 Å². The van der Waals surface area contributed by atoms with Gasteiger partial charge < -0.3 is 5.11 Å². The zero-order valence-electron chi connectivity index (χ0n) is 6.46. The van der Waals surface area contributed by atoms with Gasteiger partial charge in [-0.2, -0.15) is 0 Å². The molecule has 0 fully saturated rings. The van der Waals surface area contributed by atoms with Crippen molar-refractivity contribution in [1.82, 2.24) is 0 Å². The van der Waals surface area contributed by atoms with Crippen LogP contribution in [-0.2, 0) is 4.79 Å². The molecule has 0 amide bonds. The van der Waals surface area contributed by atoms with Gasteiger partial charge in [0.05, 0.1) is 10.0 Å². The molecule has 0 aliphatic heterocycles. The second kappa shape index (κ2) is 4.30. The molecular weight excluding hydrogens is 211 g/mol. The van der Waals surface area contributed by atoms with E-state index in [9.17, 15) is 9.90 Å². The van der Waals surface area contributed by atoms with Crippen LogP contribution in [0.2, 0.25) is 10.0 Å². The molecule has 2 nitrogen and oxygen atoms in total. The summed E-state index contributed by atoms with van der Waals surface area (Å²) in [6, 6.07) is 4.57. The Labute approximate surface area is 85.4 Å². The van der Waals surface area contributed by atoms with Gasteiger partial charge in [-0.25, -0.2) is 0 Å². The molecule has 0 atom stereocenters. The van der Waals surface area contributed by atoms with Gasteiger partial charge in [-0.1, -0.05) is 29.3 Å². The molecule has 1 rings (SSSR count). The minimum absolute atomic E-state index is 0.0542. The van der Waals surface area contributed by atoms with Gasteiger partial charge in [0.2, 0.25) is 0 Å². The van der Waals surface area contributed by atoms with Crippen molar-refractivity contribution in [2.24, 2.45) is 0 Å². The lowest BCUT2D eigenvalue weighted by Gasteiger charge is -2.03. The summed E-state index contributed by atoms with van der Waals surface area (Å²) in [5.74, 6) is 0. The van der Waals surface area contributed by atoms with E-state index in [2.05, 4.69) is 0 Å². The molecule has 0 heterocycles. The maximum absolute atomic E-state index is 10.4. The van der Waals surface area contributed by atoms with Gasteiger partial charge >= 0.3 is 0 Å². The van der Waals surface area contributed by atoms with Crippen molar-refractivity contribution >= 4 is 35.1 Å². The predicted molar refractivity (Wildman–Crippen MR) is 50.5 cm³/mol. The number of rotatable bonds is 2. The Morgan fingerprint density at radius 2 is 2.00 bits per heavy atom. The Balaban J connectivity index is 3.17. The van der Waals surface area contributed by atoms with Gasteiger partial charge in [-0.3, -0.25) is 4.79 Å². The molecule has 0 aromatic heterocycles. The number of carbonyl (C=O) groups excluding carboxylic acids is 1. The molecule has 0 aliphatic rings. The predicted octanol–water partition coefficient (Wildman–Crippen LogP) is 1.89. The summed E-state index contributed by atoms with van der Waals surface area (Å²) < 4.78 is 0. The van der Waals surface area contributed by atoms with Gasteiger partial charge in [0.1, 0.15) is 6.29 Å². The number of hydrogen-bond donors (Lipinski definition) is 0. The molecule has 68 valence electrons. The molecule has 0 bridgehead atoms. The van der Waals surface area contributed by atoms with Gasteiger partial charge in [0, 0.05) is 5.57 Å². The van der Waals surface area contributed by atoms with Crippen LogP contribution in [0.1, 0.15) is 5.56 Å². The number of benzene rings is 1. The van der Waals surface area contributed by atoms with Gasteiger partial charge in [0.15, 0.2) is 0 Å². The fraction of sp³-hybridized carbons (Fsp3) is 0. The van der Waals surface area contributed by atoms with E-state index in [0.29, 0.717) is 28.2 Å². The third kappa shape index (κ3) is 2.23. The first-order chi connectivity index (χ1) is 6.19. The summed E-state index contributed by atoms with van der Waals surface area (Å²) in [6.07, 6.45) is 0.957. The van der Waals surface area contributed by atoms with Crippen molar-refractivity contribution in [3.05, 3.63) is 40.1 Å². The van der Waals surface area contributed by atoms with Gasteiger partial charge in [-0.15, -0.1) is 6.26 Å². The monoisotopic (exact) mass is 215 g/mol. The van der Waals surface area contributed by atoms with E-state index >= 15 is 0 Å². The number of allylic oxidation sites excluding steroid dienone is 1. The van der Waals surface area contributed by atoms with Crippen LogP contribution < -0.4 is 5.11 Å². The normalized spacial score (nSPS) is 11.4. The first-order valence-electron chi connectivity index (χ1n) is 3.41. The number of aldehydes is 1. The van der Waals surface area contributed by atoms with Crippen LogP contribution in [0.4, 0.5) is 0 Å². The van der Waals surface area contributed by atoms with Gasteiger partial charge in [0.25, 0.3) is 0 Å². The Morgan fingerprint density at radius 1 is 1.31 bits per heavy atom. The van der Waals surface area contributed by atoms with E-state index in [1.165, 1.54) is 12.1 Å². The maximum Gasteiger partial charge on any atom is 0.149 e. The topological polar surface area (TPSA) is 40.1 Å². The van der Waals surface area contributed by atoms with Crippen LogP contribution in [0.15, 0.2) is 24.5 Å². The third-order valence-electron chi connectivity index (χ3n) is 1.51. The van der Waals surface area contributed by atoms with Crippen molar-refractivity contribution in [1.29, 1.82) is 0 Å². The molecule has 0 radical (unpaired) electrons. The highest BCUT2D eigenvalue weighted by Crippen LogP contribution is 2.25. The molecule has 0 saturated carbocycles. The number of hydrogen-bond acceptors (Lipinski definition) is 2. The average Bonchev–Trinajstić information content (AvgIpc) is 2.13. The average molecular weight is 216 g/mol. The van der Waals surface area contributed by atoms with E-state index in [0.717, 1.165) is 0 Å². The lowest BCUT2D eigenvalue weighted by Crippen LogP contribution is -1.94. The first kappa shape index (κ1) is 10.1. The molecule has 0 saturated heterocycles. The minimum Gasteiger partial charge on any atom is -0.877 e. The van der Waals surface area contributed by atoms with E-state index in [1.807, 2.05) is 0 Å². The molecular formula is C9H5Cl2O2-. The SMILES string of the molecule is O=C/C(=C\[O-])c1ccc(Cl)c(Cl)c1. The van der Waals surface area contributed by atoms with Crippen LogP contribution in [0.5, 0.6) is 0 Å². The zero-order chi connectivity index (χ0) is 9.84. The summed E-state index contributed by atoms with van der Waals surface area (Å²) in [5, 5.41) is 11.1. The minimum atomic E-state index is 0.0542. The second-order valence-corrected chi connectivity index (χ2v) is 3.13. The molecule has 4 heteroatoms. The molecule has 13 heavy (non-hydrogen) atoms. The fourth-order valence-corrected chi connectivity index (χ4v) is 1.14. The smallest absolute Gasteiger partial charge is 0.149 e. The maximum atomic E-state index is 10.4. The lowest BCUT2D eigenvalue weighted by atomic mass is 10.1. The molecule has 0 spiro atoms. The Kier molecular flexibility index (Phi) is 3.34. The Bertz CT molecular complexity index is 359.